The highest BCUT2D eigenvalue weighted by atomic mass is 16.5. The van der Waals surface area contributed by atoms with Crippen molar-refractivity contribution in [2.75, 3.05) is 13.2 Å². The summed E-state index contributed by atoms with van der Waals surface area (Å²) in [6, 6.07) is -0.561. The summed E-state index contributed by atoms with van der Waals surface area (Å²) in [6.45, 7) is 4.89. The molecular weight excluding hydrogens is 791 g/mol. The van der Waals surface area contributed by atoms with Gasteiger partial charge >= 0.3 is 5.97 Å². The minimum absolute atomic E-state index is 0.0314. The lowest BCUT2D eigenvalue weighted by atomic mass is 10.0. The van der Waals surface area contributed by atoms with Crippen LogP contribution in [-0.4, -0.2) is 47.4 Å². The molecule has 6 nitrogen and oxygen atoms in total. The Kier molecular flexibility index (Phi) is 52.6. The average Bonchev–Trinajstić information content (AvgIpc) is 3.29. The second-order valence-corrected chi connectivity index (χ2v) is 19.6. The molecule has 2 atom stereocenters. The van der Waals surface area contributed by atoms with Crippen LogP contribution in [-0.2, 0) is 14.3 Å². The molecule has 6 heteroatoms. The van der Waals surface area contributed by atoms with E-state index in [1.807, 2.05) is 0 Å². The van der Waals surface area contributed by atoms with Gasteiger partial charge in [0.1, 0.15) is 0 Å². The summed E-state index contributed by atoms with van der Waals surface area (Å²) in [5.41, 5.74) is 0. The number of carbonyl (C=O) groups is 2. The van der Waals surface area contributed by atoms with Crippen LogP contribution in [0, 0.1) is 0 Å². The summed E-state index contributed by atoms with van der Waals surface area (Å²) in [4.78, 5) is 24.5. The largest absolute Gasteiger partial charge is 0.466 e. The minimum Gasteiger partial charge on any atom is -0.466 e. The molecule has 0 aromatic heterocycles. The summed E-state index contributed by atoms with van der Waals surface area (Å²) in [7, 11) is 0. The van der Waals surface area contributed by atoms with Crippen molar-refractivity contribution in [3.8, 4) is 0 Å². The van der Waals surface area contributed by atoms with Gasteiger partial charge in [-0.1, -0.05) is 237 Å². The van der Waals surface area contributed by atoms with Gasteiger partial charge < -0.3 is 20.3 Å². The van der Waals surface area contributed by atoms with Crippen LogP contribution in [0.1, 0.15) is 309 Å². The molecule has 0 spiro atoms. The van der Waals surface area contributed by atoms with E-state index in [0.717, 1.165) is 77.0 Å². The van der Waals surface area contributed by atoms with Gasteiger partial charge in [-0.25, -0.2) is 0 Å². The maximum Gasteiger partial charge on any atom is 0.305 e. The molecule has 1 amide bonds. The summed E-state index contributed by atoms with van der Waals surface area (Å²) in [5, 5.41) is 23.3. The summed E-state index contributed by atoms with van der Waals surface area (Å²) in [5.74, 6) is -0.0900. The Hall–Kier alpha value is -1.66. The van der Waals surface area contributed by atoms with Crippen LogP contribution < -0.4 is 5.32 Å². The van der Waals surface area contributed by atoms with Crippen LogP contribution in [0.25, 0.3) is 0 Å². The van der Waals surface area contributed by atoms with Crippen molar-refractivity contribution in [3.05, 3.63) is 24.3 Å². The molecule has 0 radical (unpaired) electrons. The molecule has 3 N–H and O–H groups in total. The van der Waals surface area contributed by atoms with E-state index in [4.69, 9.17) is 4.74 Å². The van der Waals surface area contributed by atoms with Crippen LogP contribution in [0.4, 0.5) is 0 Å². The third-order valence-corrected chi connectivity index (χ3v) is 13.2. The molecule has 0 aliphatic rings. The van der Waals surface area contributed by atoms with Crippen LogP contribution >= 0.6 is 0 Å². The van der Waals surface area contributed by atoms with E-state index in [-0.39, 0.29) is 18.5 Å². The summed E-state index contributed by atoms with van der Waals surface area (Å²) >= 11 is 0. The third kappa shape index (κ3) is 49.8. The molecule has 0 saturated heterocycles. The van der Waals surface area contributed by atoms with Crippen molar-refractivity contribution < 1.29 is 24.5 Å². The Morgan fingerprint density at radius 1 is 0.422 bits per heavy atom. The number of nitrogens with one attached hydrogen (secondary N) is 1. The molecule has 0 saturated carbocycles. The maximum absolute atomic E-state index is 12.5. The molecule has 64 heavy (non-hydrogen) atoms. The maximum atomic E-state index is 12.5. The number of rotatable bonds is 53. The Bertz CT molecular complexity index is 997. The molecule has 378 valence electrons. The van der Waals surface area contributed by atoms with Gasteiger partial charge in [0.15, 0.2) is 0 Å². The van der Waals surface area contributed by atoms with Gasteiger partial charge in [0.05, 0.1) is 25.4 Å². The fraction of sp³-hybridized carbons (Fsp3) is 0.897. The first-order chi connectivity index (χ1) is 31.5. The lowest BCUT2D eigenvalue weighted by molar-refractivity contribution is -0.143. The van der Waals surface area contributed by atoms with Gasteiger partial charge in [-0.15, -0.1) is 0 Å². The normalized spacial score (nSPS) is 12.8. The van der Waals surface area contributed by atoms with E-state index in [2.05, 4.69) is 43.5 Å². The summed E-state index contributed by atoms with van der Waals surface area (Å²) < 4.78 is 5.44. The first kappa shape index (κ1) is 62.3. The highest BCUT2D eigenvalue weighted by Gasteiger charge is 2.20. The van der Waals surface area contributed by atoms with E-state index in [1.165, 1.54) is 199 Å². The Morgan fingerprint density at radius 2 is 0.734 bits per heavy atom. The van der Waals surface area contributed by atoms with Crippen LogP contribution in [0.2, 0.25) is 0 Å². The van der Waals surface area contributed by atoms with Crippen LogP contribution in [0.15, 0.2) is 24.3 Å². The quantitative estimate of drug-likeness (QED) is 0.0321. The third-order valence-electron chi connectivity index (χ3n) is 13.2. The number of ether oxygens (including phenoxy) is 1. The van der Waals surface area contributed by atoms with E-state index >= 15 is 0 Å². The smallest absolute Gasteiger partial charge is 0.305 e. The molecule has 0 bridgehead atoms. The number of hydrogen-bond acceptors (Lipinski definition) is 5. The first-order valence-corrected chi connectivity index (χ1v) is 28.6. The number of unbranched alkanes of at least 4 members (excludes halogenated alkanes) is 38. The monoisotopic (exact) mass is 902 g/mol. The molecule has 0 aromatic carbocycles. The van der Waals surface area contributed by atoms with Crippen molar-refractivity contribution in [1.82, 2.24) is 5.32 Å². The standard InChI is InChI=1S/C58H111NO5/c1-3-5-7-9-11-13-15-17-18-19-20-21-22-23-24-25-27-30-34-38-42-46-50-56(61)55(54-60)59-57(62)51-47-43-39-35-31-28-29-33-37-41-45-49-53-64-58(63)52-48-44-40-36-32-26-16-14-12-10-8-6-4-2/h14,16,29,33,55-56,60-61H,3-13,15,17-28,30-32,34-54H2,1-2H3,(H,59,62)/b16-14-,33-29-. The lowest BCUT2D eigenvalue weighted by Crippen LogP contribution is -2.45. The highest BCUT2D eigenvalue weighted by molar-refractivity contribution is 5.76. The molecule has 0 fully saturated rings. The zero-order valence-corrected chi connectivity index (χ0v) is 43.0. The minimum atomic E-state index is -0.681. The zero-order valence-electron chi connectivity index (χ0n) is 43.0. The fourth-order valence-electron chi connectivity index (χ4n) is 8.81. The molecule has 2 unspecified atom stereocenters. The Labute approximate surface area is 399 Å². The Morgan fingerprint density at radius 3 is 1.12 bits per heavy atom. The second kappa shape index (κ2) is 54.0. The number of aliphatic hydroxyl groups is 2. The van der Waals surface area contributed by atoms with Crippen LogP contribution in [0.3, 0.4) is 0 Å². The SMILES string of the molecule is CCCCCC/C=C\CCCCCCCC(=O)OCCCCC/C=C\CCCCCCCC(=O)NC(CO)C(O)CCCCCCCCCCCCCCCCCCCCCCCC. The summed E-state index contributed by atoms with van der Waals surface area (Å²) in [6.07, 6.45) is 64.5. The van der Waals surface area contributed by atoms with E-state index in [9.17, 15) is 19.8 Å². The predicted molar refractivity (Wildman–Crippen MR) is 278 cm³/mol. The molecule has 0 heterocycles. The number of carbonyl (C=O) groups excluding carboxylic acids is 2. The molecular formula is C58H111NO5. The van der Waals surface area contributed by atoms with Crippen molar-refractivity contribution in [2.24, 2.45) is 0 Å². The van der Waals surface area contributed by atoms with Gasteiger partial charge in [0.25, 0.3) is 0 Å². The van der Waals surface area contributed by atoms with Gasteiger partial charge in [-0.2, -0.15) is 0 Å². The van der Waals surface area contributed by atoms with E-state index in [1.54, 1.807) is 0 Å². The number of esters is 1. The number of aliphatic hydroxyl groups excluding tert-OH is 2. The first-order valence-electron chi connectivity index (χ1n) is 28.6. The van der Waals surface area contributed by atoms with Gasteiger partial charge in [-0.05, 0) is 83.5 Å². The molecule has 0 aromatic rings. The molecule has 0 aliphatic heterocycles. The highest BCUT2D eigenvalue weighted by Crippen LogP contribution is 2.17. The number of allylic oxidation sites excluding steroid dienone is 4. The van der Waals surface area contributed by atoms with Gasteiger partial charge in [0.2, 0.25) is 5.91 Å². The molecule has 0 rings (SSSR count). The number of hydrogen-bond donors (Lipinski definition) is 3. The predicted octanol–water partition coefficient (Wildman–Crippen LogP) is 17.5. The van der Waals surface area contributed by atoms with E-state index in [0.29, 0.717) is 25.9 Å². The van der Waals surface area contributed by atoms with Crippen molar-refractivity contribution in [3.63, 3.8) is 0 Å². The van der Waals surface area contributed by atoms with Crippen molar-refractivity contribution >= 4 is 11.9 Å². The lowest BCUT2D eigenvalue weighted by Gasteiger charge is -2.22. The number of amides is 1. The van der Waals surface area contributed by atoms with E-state index < -0.39 is 12.1 Å². The van der Waals surface area contributed by atoms with Gasteiger partial charge in [-0.3, -0.25) is 9.59 Å². The topological polar surface area (TPSA) is 95.9 Å². The fourth-order valence-corrected chi connectivity index (χ4v) is 8.81. The van der Waals surface area contributed by atoms with Crippen LogP contribution in [0.5, 0.6) is 0 Å². The Balaban J connectivity index is 3.50. The zero-order chi connectivity index (χ0) is 46.5. The second-order valence-electron chi connectivity index (χ2n) is 19.6. The van der Waals surface area contributed by atoms with Crippen molar-refractivity contribution in [1.29, 1.82) is 0 Å². The van der Waals surface area contributed by atoms with Crippen molar-refractivity contribution in [2.45, 2.75) is 321 Å². The average molecular weight is 903 g/mol. The molecule has 0 aliphatic carbocycles. The van der Waals surface area contributed by atoms with Gasteiger partial charge in [0, 0.05) is 12.8 Å².